The number of nitrogens with one attached hydrogen (secondary N) is 1. The maximum Gasteiger partial charge on any atom is 0.345 e. The molecule has 30 heavy (non-hydrogen) atoms. The Morgan fingerprint density at radius 1 is 0.867 bits per heavy atom. The quantitative estimate of drug-likeness (QED) is 0.368. The number of esters is 3. The summed E-state index contributed by atoms with van der Waals surface area (Å²) in [5, 5.41) is 2.47. The SMILES string of the molecule is COC(=O)C(NCC(=O)OC(=O)c1ccccc1)C(=O)c1ccc(OC)c(OC)c1. The average Bonchev–Trinajstić information content (AvgIpc) is 2.78. The molecule has 0 aliphatic heterocycles. The number of rotatable bonds is 9. The molecule has 0 aliphatic carbocycles. The van der Waals surface area contributed by atoms with Crippen LogP contribution in [0.5, 0.6) is 11.5 Å². The lowest BCUT2D eigenvalue weighted by Crippen LogP contribution is -2.46. The first-order valence-electron chi connectivity index (χ1n) is 8.78. The molecule has 0 radical (unpaired) electrons. The summed E-state index contributed by atoms with van der Waals surface area (Å²) < 4.78 is 19.6. The van der Waals surface area contributed by atoms with Crippen LogP contribution in [0.3, 0.4) is 0 Å². The Bertz CT molecular complexity index is 926. The van der Waals surface area contributed by atoms with E-state index in [4.69, 9.17) is 14.2 Å². The molecular weight excluding hydrogens is 394 g/mol. The number of methoxy groups -OCH3 is 3. The molecule has 158 valence electrons. The molecule has 2 rings (SSSR count). The minimum Gasteiger partial charge on any atom is -0.493 e. The summed E-state index contributed by atoms with van der Waals surface area (Å²) in [4.78, 5) is 48.8. The third-order valence-corrected chi connectivity index (χ3v) is 4.03. The fourth-order valence-corrected chi connectivity index (χ4v) is 2.52. The summed E-state index contributed by atoms with van der Waals surface area (Å²) in [6.07, 6.45) is 0. The van der Waals surface area contributed by atoms with Crippen LogP contribution in [0.4, 0.5) is 0 Å². The van der Waals surface area contributed by atoms with E-state index >= 15 is 0 Å². The molecule has 9 nitrogen and oxygen atoms in total. The molecule has 0 aromatic heterocycles. The molecule has 1 N–H and O–H groups in total. The van der Waals surface area contributed by atoms with Gasteiger partial charge in [-0.3, -0.25) is 14.9 Å². The highest BCUT2D eigenvalue weighted by atomic mass is 16.6. The number of ether oxygens (including phenoxy) is 4. The number of Topliss-reactive ketones (excluding diaryl/α,β-unsaturated/α-hetero) is 1. The van der Waals surface area contributed by atoms with Gasteiger partial charge in [-0.25, -0.2) is 9.59 Å². The van der Waals surface area contributed by atoms with E-state index in [0.29, 0.717) is 11.5 Å². The van der Waals surface area contributed by atoms with Gasteiger partial charge in [-0.15, -0.1) is 0 Å². The zero-order valence-electron chi connectivity index (χ0n) is 16.7. The summed E-state index contributed by atoms with van der Waals surface area (Å²) in [5.74, 6) is -2.68. The Kier molecular flexibility index (Phi) is 8.07. The minimum absolute atomic E-state index is 0.129. The predicted molar refractivity (Wildman–Crippen MR) is 105 cm³/mol. The van der Waals surface area contributed by atoms with Crippen LogP contribution in [0.25, 0.3) is 0 Å². The topological polar surface area (TPSA) is 117 Å². The van der Waals surface area contributed by atoms with Gasteiger partial charge in [-0.05, 0) is 30.3 Å². The first kappa shape index (κ1) is 22.6. The molecule has 0 saturated carbocycles. The molecule has 2 aromatic rings. The minimum atomic E-state index is -1.49. The number of benzene rings is 2. The highest BCUT2D eigenvalue weighted by Crippen LogP contribution is 2.28. The second kappa shape index (κ2) is 10.7. The van der Waals surface area contributed by atoms with Crippen LogP contribution in [0.2, 0.25) is 0 Å². The maximum atomic E-state index is 12.8. The summed E-state index contributed by atoms with van der Waals surface area (Å²) in [5.41, 5.74) is 0.320. The molecule has 0 fully saturated rings. The summed E-state index contributed by atoms with van der Waals surface area (Å²) in [6.45, 7) is -0.572. The Morgan fingerprint density at radius 2 is 1.53 bits per heavy atom. The first-order chi connectivity index (χ1) is 14.4. The van der Waals surface area contributed by atoms with Crippen molar-refractivity contribution in [2.45, 2.75) is 6.04 Å². The van der Waals surface area contributed by atoms with E-state index in [2.05, 4.69) is 10.1 Å². The highest BCUT2D eigenvalue weighted by Gasteiger charge is 2.30. The molecule has 9 heteroatoms. The molecule has 0 aliphatic rings. The zero-order valence-corrected chi connectivity index (χ0v) is 16.7. The van der Waals surface area contributed by atoms with Gasteiger partial charge in [-0.1, -0.05) is 18.2 Å². The van der Waals surface area contributed by atoms with Crippen LogP contribution in [-0.2, 0) is 19.1 Å². The average molecular weight is 415 g/mol. The van der Waals surface area contributed by atoms with Crippen molar-refractivity contribution >= 4 is 23.7 Å². The lowest BCUT2D eigenvalue weighted by Gasteiger charge is -2.16. The van der Waals surface area contributed by atoms with Gasteiger partial charge in [0, 0.05) is 5.56 Å². The fraction of sp³-hybridized carbons (Fsp3) is 0.238. The van der Waals surface area contributed by atoms with Gasteiger partial charge >= 0.3 is 17.9 Å². The van der Waals surface area contributed by atoms with Crippen molar-refractivity contribution in [1.82, 2.24) is 5.32 Å². The Hall–Kier alpha value is -3.72. The van der Waals surface area contributed by atoms with E-state index in [0.717, 1.165) is 7.11 Å². The van der Waals surface area contributed by atoms with E-state index in [1.807, 2.05) is 0 Å². The number of carbonyl (C=O) groups is 4. The normalized spacial score (nSPS) is 11.2. The first-order valence-corrected chi connectivity index (χ1v) is 8.78. The maximum absolute atomic E-state index is 12.8. The molecule has 1 unspecified atom stereocenters. The van der Waals surface area contributed by atoms with Gasteiger partial charge in [0.2, 0.25) is 0 Å². The molecule has 0 amide bonds. The number of ketones is 1. The van der Waals surface area contributed by atoms with Crippen molar-refractivity contribution < 1.29 is 38.1 Å². The fourth-order valence-electron chi connectivity index (χ4n) is 2.52. The molecule has 0 bridgehead atoms. The smallest absolute Gasteiger partial charge is 0.345 e. The Balaban J connectivity index is 2.09. The monoisotopic (exact) mass is 415 g/mol. The van der Waals surface area contributed by atoms with Crippen molar-refractivity contribution in [3.8, 4) is 11.5 Å². The van der Waals surface area contributed by atoms with E-state index in [1.54, 1.807) is 18.2 Å². The highest BCUT2D eigenvalue weighted by molar-refractivity contribution is 6.12. The van der Waals surface area contributed by atoms with Crippen molar-refractivity contribution in [3.05, 3.63) is 59.7 Å². The summed E-state index contributed by atoms with van der Waals surface area (Å²) >= 11 is 0. The van der Waals surface area contributed by atoms with E-state index in [1.165, 1.54) is 44.6 Å². The van der Waals surface area contributed by atoms with Crippen molar-refractivity contribution in [3.63, 3.8) is 0 Å². The molecule has 0 heterocycles. The third-order valence-electron chi connectivity index (χ3n) is 4.03. The van der Waals surface area contributed by atoms with Crippen LogP contribution in [0.1, 0.15) is 20.7 Å². The lowest BCUT2D eigenvalue weighted by atomic mass is 10.0. The van der Waals surface area contributed by atoms with Crippen LogP contribution >= 0.6 is 0 Å². The van der Waals surface area contributed by atoms with Crippen molar-refractivity contribution in [2.24, 2.45) is 0 Å². The van der Waals surface area contributed by atoms with E-state index in [-0.39, 0.29) is 11.1 Å². The summed E-state index contributed by atoms with van der Waals surface area (Å²) in [6, 6.07) is 10.8. The van der Waals surface area contributed by atoms with Gasteiger partial charge < -0.3 is 18.9 Å². The molecule has 0 spiro atoms. The number of hydrogen-bond acceptors (Lipinski definition) is 9. The second-order valence-corrected chi connectivity index (χ2v) is 5.90. The van der Waals surface area contributed by atoms with Gasteiger partial charge in [0.05, 0.1) is 33.4 Å². The molecule has 0 saturated heterocycles. The molecule has 2 aromatic carbocycles. The van der Waals surface area contributed by atoms with Gasteiger partial charge in [0.25, 0.3) is 0 Å². The summed E-state index contributed by atoms with van der Waals surface area (Å²) in [7, 11) is 3.96. The van der Waals surface area contributed by atoms with Gasteiger partial charge in [0.15, 0.2) is 23.3 Å². The standard InChI is InChI=1S/C21H21NO8/c1-27-15-10-9-14(11-16(15)28-2)19(24)18(21(26)29-3)22-12-17(23)30-20(25)13-7-5-4-6-8-13/h4-11,18,22H,12H2,1-3H3. The largest absolute Gasteiger partial charge is 0.493 e. The van der Waals surface area contributed by atoms with Crippen LogP contribution in [0, 0.1) is 0 Å². The van der Waals surface area contributed by atoms with Gasteiger partial charge in [0.1, 0.15) is 0 Å². The van der Waals surface area contributed by atoms with Crippen molar-refractivity contribution in [1.29, 1.82) is 0 Å². The number of carbonyl (C=O) groups excluding carboxylic acids is 4. The lowest BCUT2D eigenvalue weighted by molar-refractivity contribution is -0.142. The van der Waals surface area contributed by atoms with Crippen molar-refractivity contribution in [2.75, 3.05) is 27.9 Å². The number of hydrogen-bond donors (Lipinski definition) is 1. The molecule has 1 atom stereocenters. The third kappa shape index (κ3) is 5.65. The van der Waals surface area contributed by atoms with E-state index in [9.17, 15) is 19.2 Å². The molecular formula is C21H21NO8. The second-order valence-electron chi connectivity index (χ2n) is 5.90. The zero-order chi connectivity index (χ0) is 22.1. The van der Waals surface area contributed by atoms with Crippen LogP contribution in [-0.4, -0.2) is 57.6 Å². The predicted octanol–water partition coefficient (Wildman–Crippen LogP) is 1.40. The van der Waals surface area contributed by atoms with Crippen LogP contribution < -0.4 is 14.8 Å². The van der Waals surface area contributed by atoms with Crippen LogP contribution in [0.15, 0.2) is 48.5 Å². The van der Waals surface area contributed by atoms with Gasteiger partial charge in [-0.2, -0.15) is 0 Å². The van der Waals surface area contributed by atoms with E-state index < -0.39 is 36.3 Å². The Labute approximate surface area is 172 Å². The Morgan fingerprint density at radius 3 is 2.13 bits per heavy atom.